The van der Waals surface area contributed by atoms with Crippen molar-refractivity contribution in [3.05, 3.63) is 46.1 Å². The third kappa shape index (κ3) is 3.28. The van der Waals surface area contributed by atoms with Crippen LogP contribution in [0.4, 0.5) is 5.82 Å². The van der Waals surface area contributed by atoms with Gasteiger partial charge in [-0.25, -0.2) is 4.68 Å². The highest BCUT2D eigenvalue weighted by Gasteiger charge is 2.20. The molecule has 1 heterocycles. The number of hydrogen-bond donors (Lipinski definition) is 1. The van der Waals surface area contributed by atoms with Crippen molar-refractivity contribution in [1.82, 2.24) is 9.78 Å². The monoisotopic (exact) mass is 337 g/mol. The van der Waals surface area contributed by atoms with Gasteiger partial charge >= 0.3 is 0 Å². The summed E-state index contributed by atoms with van der Waals surface area (Å²) >= 11 is 11.9. The maximum atomic E-state index is 12.4. The lowest BCUT2D eigenvalue weighted by Crippen LogP contribution is -2.20. The molecule has 1 aliphatic carbocycles. The number of carbonyl (C=O) groups excluding carboxylic acids is 1. The largest absolute Gasteiger partial charge is 0.307 e. The number of carbonyl (C=O) groups is 1. The first-order valence-corrected chi connectivity index (χ1v) is 8.20. The van der Waals surface area contributed by atoms with Gasteiger partial charge in [-0.3, -0.25) is 4.79 Å². The Morgan fingerprint density at radius 1 is 1.18 bits per heavy atom. The van der Waals surface area contributed by atoms with E-state index < -0.39 is 0 Å². The molecular weight excluding hydrogens is 321 g/mol. The van der Waals surface area contributed by atoms with Crippen LogP contribution < -0.4 is 5.32 Å². The van der Waals surface area contributed by atoms with Gasteiger partial charge < -0.3 is 5.32 Å². The normalized spacial score (nSPS) is 15.7. The smallest absolute Gasteiger partial charge is 0.258 e. The van der Waals surface area contributed by atoms with Crippen molar-refractivity contribution in [2.75, 3.05) is 5.32 Å². The van der Waals surface area contributed by atoms with Gasteiger partial charge in [0.1, 0.15) is 5.82 Å². The van der Waals surface area contributed by atoms with Crippen molar-refractivity contribution < 1.29 is 4.79 Å². The molecule has 1 N–H and O–H groups in total. The molecule has 1 saturated carbocycles. The number of aromatic nitrogens is 2. The van der Waals surface area contributed by atoms with Crippen molar-refractivity contribution >= 4 is 34.9 Å². The SMILES string of the molecule is O=C(Nc1ccnn1C1CCCCC1)c1ccc(Cl)cc1Cl. The summed E-state index contributed by atoms with van der Waals surface area (Å²) in [7, 11) is 0. The second-order valence-electron chi connectivity index (χ2n) is 5.53. The molecule has 1 aromatic carbocycles. The number of rotatable bonds is 3. The molecule has 0 saturated heterocycles. The average Bonchev–Trinajstić information content (AvgIpc) is 2.96. The zero-order chi connectivity index (χ0) is 15.5. The van der Waals surface area contributed by atoms with E-state index in [-0.39, 0.29) is 5.91 Å². The van der Waals surface area contributed by atoms with Crippen LogP contribution in [0.1, 0.15) is 48.5 Å². The topological polar surface area (TPSA) is 46.9 Å². The summed E-state index contributed by atoms with van der Waals surface area (Å²) in [6.45, 7) is 0. The number of hydrogen-bond acceptors (Lipinski definition) is 2. The molecule has 3 rings (SSSR count). The summed E-state index contributed by atoms with van der Waals surface area (Å²) in [5.74, 6) is 0.460. The second kappa shape index (κ2) is 6.71. The molecule has 4 nitrogen and oxygen atoms in total. The van der Waals surface area contributed by atoms with Crippen molar-refractivity contribution in [1.29, 1.82) is 0 Å². The Balaban J connectivity index is 1.78. The molecule has 116 valence electrons. The molecule has 0 aliphatic heterocycles. The van der Waals surface area contributed by atoms with Crippen LogP contribution in [-0.4, -0.2) is 15.7 Å². The summed E-state index contributed by atoms with van der Waals surface area (Å²) < 4.78 is 1.92. The standard InChI is InChI=1S/C16H17Cl2N3O/c17-11-6-7-13(14(18)10-11)16(22)20-15-8-9-19-21(15)12-4-2-1-3-5-12/h6-10,12H,1-5H2,(H,20,22). The van der Waals surface area contributed by atoms with Gasteiger partial charge in [0.05, 0.1) is 22.8 Å². The summed E-state index contributed by atoms with van der Waals surface area (Å²) in [5.41, 5.74) is 0.405. The maximum Gasteiger partial charge on any atom is 0.258 e. The van der Waals surface area contributed by atoms with Gasteiger partial charge in [-0.2, -0.15) is 5.10 Å². The molecule has 6 heteroatoms. The molecule has 0 spiro atoms. The van der Waals surface area contributed by atoms with Gasteiger partial charge in [0.25, 0.3) is 5.91 Å². The number of benzene rings is 1. The molecule has 0 atom stereocenters. The van der Waals surface area contributed by atoms with E-state index in [0.717, 1.165) is 12.8 Å². The zero-order valence-electron chi connectivity index (χ0n) is 12.1. The fraction of sp³-hybridized carbons (Fsp3) is 0.375. The Morgan fingerprint density at radius 3 is 2.68 bits per heavy atom. The average molecular weight is 338 g/mol. The first-order chi connectivity index (χ1) is 10.6. The van der Waals surface area contributed by atoms with E-state index in [1.54, 1.807) is 24.4 Å². The van der Waals surface area contributed by atoms with Gasteiger partial charge in [0.2, 0.25) is 0 Å². The number of halogens is 2. The summed E-state index contributed by atoms with van der Waals surface area (Å²) in [4.78, 5) is 12.4. The van der Waals surface area contributed by atoms with Crippen LogP contribution in [0.3, 0.4) is 0 Å². The van der Waals surface area contributed by atoms with E-state index >= 15 is 0 Å². The molecule has 1 fully saturated rings. The van der Waals surface area contributed by atoms with Crippen LogP contribution in [0.15, 0.2) is 30.5 Å². The Kier molecular flexibility index (Phi) is 4.69. The van der Waals surface area contributed by atoms with Gasteiger partial charge in [-0.15, -0.1) is 0 Å². The van der Waals surface area contributed by atoms with Crippen molar-refractivity contribution in [2.24, 2.45) is 0 Å². The Morgan fingerprint density at radius 2 is 1.95 bits per heavy atom. The van der Waals surface area contributed by atoms with Crippen LogP contribution >= 0.6 is 23.2 Å². The highest BCUT2D eigenvalue weighted by atomic mass is 35.5. The minimum Gasteiger partial charge on any atom is -0.307 e. The molecule has 0 radical (unpaired) electrons. The molecule has 1 amide bonds. The quantitative estimate of drug-likeness (QED) is 0.861. The molecule has 1 aliphatic rings. The minimum atomic E-state index is -0.251. The van der Waals surface area contributed by atoms with E-state index in [2.05, 4.69) is 10.4 Å². The Labute approximate surface area is 139 Å². The Bertz CT molecular complexity index is 678. The lowest BCUT2D eigenvalue weighted by molar-refractivity contribution is 0.102. The number of nitrogens with zero attached hydrogens (tertiary/aromatic N) is 2. The minimum absolute atomic E-state index is 0.251. The molecule has 2 aromatic rings. The lowest BCUT2D eigenvalue weighted by atomic mass is 9.96. The fourth-order valence-corrected chi connectivity index (χ4v) is 3.38. The van der Waals surface area contributed by atoms with Gasteiger partial charge in [-0.05, 0) is 31.0 Å². The van der Waals surface area contributed by atoms with Crippen LogP contribution in [0.25, 0.3) is 0 Å². The highest BCUT2D eigenvalue weighted by Crippen LogP contribution is 2.30. The zero-order valence-corrected chi connectivity index (χ0v) is 13.6. The van der Waals surface area contributed by atoms with Gasteiger partial charge in [0.15, 0.2) is 0 Å². The Hall–Kier alpha value is -1.52. The summed E-state index contributed by atoms with van der Waals surface area (Å²) in [5, 5.41) is 8.12. The third-order valence-electron chi connectivity index (χ3n) is 4.01. The molecule has 1 aromatic heterocycles. The van der Waals surface area contributed by atoms with E-state index in [0.29, 0.717) is 27.5 Å². The molecular formula is C16H17Cl2N3O. The predicted molar refractivity (Wildman–Crippen MR) is 88.8 cm³/mol. The maximum absolute atomic E-state index is 12.4. The molecule has 22 heavy (non-hydrogen) atoms. The highest BCUT2D eigenvalue weighted by molar-refractivity contribution is 6.37. The first kappa shape index (κ1) is 15.4. The van der Waals surface area contributed by atoms with Crippen molar-refractivity contribution in [2.45, 2.75) is 38.1 Å². The van der Waals surface area contributed by atoms with E-state index in [4.69, 9.17) is 23.2 Å². The summed E-state index contributed by atoms with van der Waals surface area (Å²) in [6.07, 6.45) is 7.62. The van der Waals surface area contributed by atoms with E-state index in [9.17, 15) is 4.79 Å². The van der Waals surface area contributed by atoms with Gasteiger partial charge in [0, 0.05) is 11.1 Å². The number of nitrogens with one attached hydrogen (secondary N) is 1. The van der Waals surface area contributed by atoms with Crippen LogP contribution in [0.5, 0.6) is 0 Å². The number of amides is 1. The van der Waals surface area contributed by atoms with E-state index in [1.165, 1.54) is 19.3 Å². The third-order valence-corrected chi connectivity index (χ3v) is 4.56. The predicted octanol–water partition coefficient (Wildman–Crippen LogP) is 4.95. The van der Waals surface area contributed by atoms with Crippen LogP contribution in [-0.2, 0) is 0 Å². The first-order valence-electron chi connectivity index (χ1n) is 7.45. The van der Waals surface area contributed by atoms with E-state index in [1.807, 2.05) is 10.7 Å². The molecule has 0 bridgehead atoms. The van der Waals surface area contributed by atoms with Crippen LogP contribution in [0, 0.1) is 0 Å². The van der Waals surface area contributed by atoms with Crippen molar-refractivity contribution in [3.8, 4) is 0 Å². The second-order valence-corrected chi connectivity index (χ2v) is 6.37. The van der Waals surface area contributed by atoms with Crippen molar-refractivity contribution in [3.63, 3.8) is 0 Å². The number of anilines is 1. The fourth-order valence-electron chi connectivity index (χ4n) is 2.89. The van der Waals surface area contributed by atoms with Crippen LogP contribution in [0.2, 0.25) is 10.0 Å². The lowest BCUT2D eigenvalue weighted by Gasteiger charge is -2.24. The summed E-state index contributed by atoms with van der Waals surface area (Å²) in [6, 6.07) is 7.02. The van der Waals surface area contributed by atoms with Gasteiger partial charge in [-0.1, -0.05) is 42.5 Å². The molecule has 0 unspecified atom stereocenters.